The summed E-state index contributed by atoms with van der Waals surface area (Å²) >= 11 is 0. The Morgan fingerprint density at radius 2 is 1.03 bits per heavy atom. The van der Waals surface area contributed by atoms with E-state index in [1.807, 2.05) is 0 Å². The Labute approximate surface area is 222 Å². The molecule has 0 unspecified atom stereocenters. The van der Waals surface area contributed by atoms with Crippen LogP contribution in [0.5, 0.6) is 0 Å². The maximum absolute atomic E-state index is 9.75. The third-order valence-corrected chi connectivity index (χ3v) is 7.59. The topological polar surface area (TPSA) is 8.81 Å². The molecule has 204 valence electrons. The highest BCUT2D eigenvalue weighted by molar-refractivity contribution is 7.63. The second-order valence-corrected chi connectivity index (χ2v) is 13.1. The van der Waals surface area contributed by atoms with Gasteiger partial charge in [-0.05, 0) is 37.0 Å². The zero-order valence-electron chi connectivity index (χ0n) is 23.9. The van der Waals surface area contributed by atoms with Crippen molar-refractivity contribution in [3.8, 4) is 11.4 Å². The number of para-hydroxylation sites is 2. The normalized spacial score (nSPS) is 12.2. The van der Waals surface area contributed by atoms with Crippen LogP contribution in [0.1, 0.15) is 101 Å². The molecule has 2 aromatic carbocycles. The lowest BCUT2D eigenvalue weighted by atomic mass is 9.92. The van der Waals surface area contributed by atoms with Crippen LogP contribution in [-0.2, 0) is 0 Å². The number of rotatable bonds is 7. The Bertz CT molecular complexity index is 1040. The van der Waals surface area contributed by atoms with Gasteiger partial charge in [0.1, 0.15) is 23.8 Å². The van der Waals surface area contributed by atoms with Gasteiger partial charge >= 0.3 is 7.25 Å². The predicted molar refractivity (Wildman–Crippen MR) is 152 cm³/mol. The van der Waals surface area contributed by atoms with E-state index in [1.54, 1.807) is 0 Å². The van der Waals surface area contributed by atoms with Crippen molar-refractivity contribution in [2.75, 3.05) is 13.3 Å². The minimum Gasteiger partial charge on any atom is -0.418 e. The molecule has 0 saturated heterocycles. The molecule has 0 saturated carbocycles. The van der Waals surface area contributed by atoms with Gasteiger partial charge in [0.2, 0.25) is 0 Å². The van der Waals surface area contributed by atoms with Crippen molar-refractivity contribution in [2.24, 2.45) is 0 Å². The van der Waals surface area contributed by atoms with Gasteiger partial charge in [-0.2, -0.15) is 9.13 Å². The van der Waals surface area contributed by atoms with E-state index >= 15 is 0 Å². The van der Waals surface area contributed by atoms with Crippen molar-refractivity contribution in [3.63, 3.8) is 0 Å². The van der Waals surface area contributed by atoms with Crippen LogP contribution in [0.25, 0.3) is 11.4 Å². The van der Waals surface area contributed by atoms with Crippen LogP contribution >= 0.6 is 7.92 Å². The third kappa shape index (κ3) is 7.69. The van der Waals surface area contributed by atoms with Crippen LogP contribution < -0.4 is 10.1 Å². The number of nitrogens with zero attached hydrogens (tertiary/aromatic N) is 2. The van der Waals surface area contributed by atoms with E-state index in [0.29, 0.717) is 23.7 Å². The minimum atomic E-state index is -6.00. The number of hydrogen-bond donors (Lipinski definition) is 0. The number of imidazole rings is 1. The Kier molecular flexibility index (Phi) is 10.6. The van der Waals surface area contributed by atoms with Gasteiger partial charge in [-0.15, -0.1) is 0 Å². The summed E-state index contributed by atoms with van der Waals surface area (Å²) in [5.41, 5.74) is 9.89. The van der Waals surface area contributed by atoms with Gasteiger partial charge in [-0.1, -0.05) is 91.8 Å². The lowest BCUT2D eigenvalue weighted by molar-refractivity contribution is -0.576. The molecule has 1 aromatic heterocycles. The summed E-state index contributed by atoms with van der Waals surface area (Å²) in [6.45, 7) is 23.3. The molecule has 0 bridgehead atoms. The standard InChI is InChI=1S/C29H42N2P.BF4/c1-19(2)23-13-11-14-24(20(3)4)27(23)30-17-18-31(29(30)32(9)10)28-25(21(5)6)15-12-16-26(28)22(7)8;2-1(3,4)5/h11-22H,1-10H3;/q+1;-1. The number of benzene rings is 2. The van der Waals surface area contributed by atoms with Gasteiger partial charge in [0.15, 0.2) is 0 Å². The summed E-state index contributed by atoms with van der Waals surface area (Å²) in [5, 5.41) is 0. The Balaban J connectivity index is 0.000000877. The summed E-state index contributed by atoms with van der Waals surface area (Å²) in [5.74, 6) is 1.89. The van der Waals surface area contributed by atoms with Crippen LogP contribution in [0, 0.1) is 0 Å². The monoisotopic (exact) mass is 536 g/mol. The lowest BCUT2D eigenvalue weighted by Gasteiger charge is -2.20. The molecular weight excluding hydrogens is 494 g/mol. The quantitative estimate of drug-likeness (QED) is 0.123. The van der Waals surface area contributed by atoms with Crippen LogP contribution in [0.2, 0.25) is 0 Å². The van der Waals surface area contributed by atoms with Crippen molar-refractivity contribution >= 4 is 20.7 Å². The van der Waals surface area contributed by atoms with Crippen LogP contribution in [0.3, 0.4) is 0 Å². The highest BCUT2D eigenvalue weighted by Gasteiger charge is 2.31. The van der Waals surface area contributed by atoms with Crippen molar-refractivity contribution in [1.82, 2.24) is 4.57 Å². The number of hydrogen-bond acceptors (Lipinski definition) is 0. The van der Waals surface area contributed by atoms with Crippen molar-refractivity contribution < 1.29 is 21.8 Å². The summed E-state index contributed by atoms with van der Waals surface area (Å²) in [4.78, 5) is 0. The van der Waals surface area contributed by atoms with Crippen molar-refractivity contribution in [1.29, 1.82) is 0 Å². The lowest BCUT2D eigenvalue weighted by Crippen LogP contribution is -2.47. The fraction of sp³-hybridized carbons (Fsp3) is 0.483. The minimum absolute atomic E-state index is 0.348. The summed E-state index contributed by atoms with van der Waals surface area (Å²) in [7, 11) is -6.35. The first-order valence-corrected chi connectivity index (χ1v) is 15.2. The Morgan fingerprint density at radius 1 is 0.676 bits per heavy atom. The van der Waals surface area contributed by atoms with Crippen molar-refractivity contribution in [3.05, 3.63) is 71.0 Å². The molecule has 0 amide bonds. The average molecular weight is 536 g/mol. The summed E-state index contributed by atoms with van der Waals surface area (Å²) < 4.78 is 44.0. The van der Waals surface area contributed by atoms with Gasteiger partial charge in [0.25, 0.3) is 5.57 Å². The molecular formula is C29H42BF4N2P. The van der Waals surface area contributed by atoms with E-state index in [9.17, 15) is 17.3 Å². The first-order chi connectivity index (χ1) is 17.1. The molecule has 0 atom stereocenters. The van der Waals surface area contributed by atoms with E-state index < -0.39 is 7.25 Å². The maximum Gasteiger partial charge on any atom is 0.673 e. The fourth-order valence-electron chi connectivity index (χ4n) is 4.74. The molecule has 2 nitrogen and oxygen atoms in total. The number of halogens is 4. The first kappa shape index (κ1) is 31.1. The van der Waals surface area contributed by atoms with Crippen LogP contribution in [0.4, 0.5) is 17.3 Å². The molecule has 37 heavy (non-hydrogen) atoms. The average Bonchev–Trinajstić information content (AvgIpc) is 3.21. The molecule has 1 heterocycles. The molecule has 0 N–H and O–H groups in total. The zero-order valence-corrected chi connectivity index (χ0v) is 24.8. The molecule has 3 rings (SSSR count). The smallest absolute Gasteiger partial charge is 0.418 e. The Morgan fingerprint density at radius 3 is 1.35 bits per heavy atom. The SMILES string of the molecule is CC(C)c1cccc(C(C)C)c1-n1cc[n+](-c2c(C(C)C)cccc2C(C)C)c1P(C)C.F[B-](F)(F)F. The molecule has 0 aliphatic rings. The fourth-order valence-corrected chi connectivity index (χ4v) is 5.94. The van der Waals surface area contributed by atoms with E-state index in [2.05, 4.69) is 127 Å². The van der Waals surface area contributed by atoms with Gasteiger partial charge in [0, 0.05) is 30.2 Å². The molecule has 3 aromatic rings. The van der Waals surface area contributed by atoms with Gasteiger partial charge < -0.3 is 17.3 Å². The second kappa shape index (κ2) is 12.6. The largest absolute Gasteiger partial charge is 0.673 e. The first-order valence-electron chi connectivity index (χ1n) is 13.0. The van der Waals surface area contributed by atoms with E-state index in [0.717, 1.165) is 0 Å². The van der Waals surface area contributed by atoms with E-state index in [4.69, 9.17) is 0 Å². The van der Waals surface area contributed by atoms with Crippen LogP contribution in [-0.4, -0.2) is 25.2 Å². The molecule has 8 heteroatoms. The molecule has 0 aliphatic carbocycles. The second-order valence-electron chi connectivity index (χ2n) is 10.9. The van der Waals surface area contributed by atoms with Gasteiger partial charge in [-0.25, -0.2) is 0 Å². The van der Waals surface area contributed by atoms with Crippen molar-refractivity contribution in [2.45, 2.75) is 79.1 Å². The predicted octanol–water partition coefficient (Wildman–Crippen LogP) is 8.91. The molecule has 0 spiro atoms. The zero-order chi connectivity index (χ0) is 28.2. The van der Waals surface area contributed by atoms with Gasteiger partial charge in [0.05, 0.1) is 0 Å². The van der Waals surface area contributed by atoms with Crippen LogP contribution in [0.15, 0.2) is 48.8 Å². The summed E-state index contributed by atoms with van der Waals surface area (Å²) in [6.07, 6.45) is 4.62. The summed E-state index contributed by atoms with van der Waals surface area (Å²) in [6, 6.07) is 13.7. The maximum atomic E-state index is 9.75. The molecule has 0 fully saturated rings. The van der Waals surface area contributed by atoms with E-state index in [1.165, 1.54) is 39.2 Å². The highest BCUT2D eigenvalue weighted by Crippen LogP contribution is 2.34. The third-order valence-electron chi connectivity index (χ3n) is 6.36. The molecule has 0 radical (unpaired) electrons. The number of aromatic nitrogens is 2. The van der Waals surface area contributed by atoms with E-state index in [-0.39, 0.29) is 7.92 Å². The Hall–Kier alpha value is -2.14. The van der Waals surface area contributed by atoms with Gasteiger partial charge in [-0.3, -0.25) is 0 Å². The highest BCUT2D eigenvalue weighted by atomic mass is 31.1. The molecule has 0 aliphatic heterocycles.